The van der Waals surface area contributed by atoms with E-state index in [9.17, 15) is 9.59 Å². The molecule has 0 bridgehead atoms. The van der Waals surface area contributed by atoms with Crippen molar-refractivity contribution in [3.63, 3.8) is 0 Å². The van der Waals surface area contributed by atoms with Gasteiger partial charge in [0.1, 0.15) is 0 Å². The third-order valence-corrected chi connectivity index (χ3v) is 5.56. The van der Waals surface area contributed by atoms with Gasteiger partial charge in [0.25, 0.3) is 0 Å². The molecule has 120 valence electrons. The Morgan fingerprint density at radius 1 is 1.24 bits per heavy atom. The van der Waals surface area contributed by atoms with Crippen LogP contribution in [0.1, 0.15) is 40.0 Å². The van der Waals surface area contributed by atoms with Gasteiger partial charge >= 0.3 is 0 Å². The topological polar surface area (TPSA) is 75.4 Å². The molecule has 0 radical (unpaired) electrons. The zero-order valence-electron chi connectivity index (χ0n) is 13.7. The molecule has 0 aromatic carbocycles. The highest BCUT2D eigenvalue weighted by Crippen LogP contribution is 2.37. The first-order valence-corrected chi connectivity index (χ1v) is 8.05. The van der Waals surface area contributed by atoms with Crippen LogP contribution in [0.4, 0.5) is 0 Å². The molecule has 2 aliphatic rings. The van der Waals surface area contributed by atoms with Crippen LogP contribution in [0, 0.1) is 23.2 Å². The van der Waals surface area contributed by atoms with Crippen molar-refractivity contribution < 1.29 is 9.59 Å². The van der Waals surface area contributed by atoms with Crippen molar-refractivity contribution in [2.45, 2.75) is 46.1 Å². The van der Waals surface area contributed by atoms with Gasteiger partial charge in [-0.2, -0.15) is 0 Å². The summed E-state index contributed by atoms with van der Waals surface area (Å²) in [5, 5.41) is 2.71. The number of nitrogens with two attached hydrogens (primary N) is 1. The molecule has 0 aromatic rings. The van der Waals surface area contributed by atoms with Gasteiger partial charge in [0.05, 0.1) is 5.41 Å². The zero-order chi connectivity index (χ0) is 15.8. The van der Waals surface area contributed by atoms with E-state index in [1.807, 2.05) is 11.8 Å². The van der Waals surface area contributed by atoms with Gasteiger partial charge in [-0.3, -0.25) is 9.59 Å². The van der Waals surface area contributed by atoms with E-state index in [1.165, 1.54) is 0 Å². The number of hydrogen-bond donors (Lipinski definition) is 2. The molecule has 5 atom stereocenters. The van der Waals surface area contributed by atoms with Crippen LogP contribution in [0.5, 0.6) is 0 Å². The zero-order valence-corrected chi connectivity index (χ0v) is 13.7. The Labute approximate surface area is 127 Å². The summed E-state index contributed by atoms with van der Waals surface area (Å²) in [4.78, 5) is 26.6. The summed E-state index contributed by atoms with van der Waals surface area (Å²) in [7, 11) is 1.65. The van der Waals surface area contributed by atoms with Crippen molar-refractivity contribution in [2.24, 2.45) is 28.9 Å². The summed E-state index contributed by atoms with van der Waals surface area (Å²) in [5.74, 6) is 1.10. The average Bonchev–Trinajstić information content (AvgIpc) is 2.85. The molecule has 2 amide bonds. The average molecular weight is 295 g/mol. The van der Waals surface area contributed by atoms with Gasteiger partial charge in [0, 0.05) is 32.1 Å². The van der Waals surface area contributed by atoms with Crippen molar-refractivity contribution in [3.8, 4) is 0 Å². The van der Waals surface area contributed by atoms with E-state index in [0.717, 1.165) is 19.3 Å². The minimum Gasteiger partial charge on any atom is -0.359 e. The number of carbonyl (C=O) groups excluding carboxylic acids is 2. The Morgan fingerprint density at radius 3 is 2.52 bits per heavy atom. The maximum Gasteiger partial charge on any atom is 0.227 e. The highest BCUT2D eigenvalue weighted by atomic mass is 16.2. The molecule has 1 saturated carbocycles. The molecule has 0 aromatic heterocycles. The van der Waals surface area contributed by atoms with Crippen LogP contribution in [0.15, 0.2) is 0 Å². The SMILES string of the molecule is CNC(=O)C1(C)CCN(C(=O)C2CC(N)C(C)CC2C)C1. The Kier molecular flexibility index (Phi) is 4.61. The molecule has 1 saturated heterocycles. The number of nitrogens with zero attached hydrogens (tertiary/aromatic N) is 1. The molecule has 1 aliphatic carbocycles. The lowest BCUT2D eigenvalue weighted by molar-refractivity contribution is -0.139. The third kappa shape index (κ3) is 3.07. The molecule has 3 N–H and O–H groups in total. The normalized spacial score (nSPS) is 40.1. The fourth-order valence-electron chi connectivity index (χ4n) is 3.90. The van der Waals surface area contributed by atoms with Crippen LogP contribution in [-0.2, 0) is 9.59 Å². The summed E-state index contributed by atoms with van der Waals surface area (Å²) in [6, 6.07) is 0.114. The van der Waals surface area contributed by atoms with Crippen molar-refractivity contribution in [1.82, 2.24) is 10.2 Å². The highest BCUT2D eigenvalue weighted by molar-refractivity contribution is 5.85. The second-order valence-corrected chi connectivity index (χ2v) is 7.35. The van der Waals surface area contributed by atoms with E-state index in [1.54, 1.807) is 7.05 Å². The van der Waals surface area contributed by atoms with E-state index in [0.29, 0.717) is 24.9 Å². The number of likely N-dealkylation sites (tertiary alicyclic amines) is 1. The second-order valence-electron chi connectivity index (χ2n) is 7.35. The first-order chi connectivity index (χ1) is 9.78. The van der Waals surface area contributed by atoms with Crippen LogP contribution >= 0.6 is 0 Å². The van der Waals surface area contributed by atoms with E-state index < -0.39 is 5.41 Å². The molecule has 0 spiro atoms. The van der Waals surface area contributed by atoms with E-state index in [-0.39, 0.29) is 23.8 Å². The van der Waals surface area contributed by atoms with Gasteiger partial charge in [0.15, 0.2) is 0 Å². The van der Waals surface area contributed by atoms with Gasteiger partial charge in [0.2, 0.25) is 11.8 Å². The molecule has 5 nitrogen and oxygen atoms in total. The van der Waals surface area contributed by atoms with Crippen LogP contribution in [0.2, 0.25) is 0 Å². The molecular weight excluding hydrogens is 266 g/mol. The summed E-state index contributed by atoms with van der Waals surface area (Å²) in [6.07, 6.45) is 2.52. The van der Waals surface area contributed by atoms with E-state index >= 15 is 0 Å². The lowest BCUT2D eigenvalue weighted by atomic mass is 9.72. The van der Waals surface area contributed by atoms with Gasteiger partial charge in [-0.05, 0) is 38.0 Å². The van der Waals surface area contributed by atoms with Crippen molar-refractivity contribution >= 4 is 11.8 Å². The Balaban J connectivity index is 2.03. The van der Waals surface area contributed by atoms with Gasteiger partial charge in [-0.1, -0.05) is 13.8 Å². The fraction of sp³-hybridized carbons (Fsp3) is 0.875. The minimum absolute atomic E-state index is 0.0169. The number of carbonyl (C=O) groups is 2. The van der Waals surface area contributed by atoms with Gasteiger partial charge in [-0.25, -0.2) is 0 Å². The van der Waals surface area contributed by atoms with Crippen molar-refractivity contribution in [3.05, 3.63) is 0 Å². The lowest BCUT2D eigenvalue weighted by Gasteiger charge is -2.38. The summed E-state index contributed by atoms with van der Waals surface area (Å²) >= 11 is 0. The molecule has 1 heterocycles. The number of amides is 2. The second kappa shape index (κ2) is 5.95. The summed E-state index contributed by atoms with van der Waals surface area (Å²) < 4.78 is 0. The maximum atomic E-state index is 12.8. The van der Waals surface area contributed by atoms with Crippen LogP contribution in [0.25, 0.3) is 0 Å². The molecule has 21 heavy (non-hydrogen) atoms. The quantitative estimate of drug-likeness (QED) is 0.797. The Bertz CT molecular complexity index is 426. The molecule has 2 rings (SSSR count). The van der Waals surface area contributed by atoms with Crippen LogP contribution in [-0.4, -0.2) is 42.9 Å². The molecule has 5 unspecified atom stereocenters. The predicted molar refractivity (Wildman–Crippen MR) is 82.4 cm³/mol. The van der Waals surface area contributed by atoms with E-state index in [4.69, 9.17) is 5.73 Å². The van der Waals surface area contributed by atoms with E-state index in [2.05, 4.69) is 19.2 Å². The number of rotatable bonds is 2. The summed E-state index contributed by atoms with van der Waals surface area (Å²) in [5.41, 5.74) is 5.71. The fourth-order valence-corrected chi connectivity index (χ4v) is 3.90. The Hall–Kier alpha value is -1.10. The predicted octanol–water partition coefficient (Wildman–Crippen LogP) is 0.981. The monoisotopic (exact) mass is 295 g/mol. The molecule has 5 heteroatoms. The Morgan fingerprint density at radius 2 is 1.90 bits per heavy atom. The summed E-state index contributed by atoms with van der Waals surface area (Å²) in [6.45, 7) is 7.47. The number of nitrogens with one attached hydrogen (secondary N) is 1. The first-order valence-electron chi connectivity index (χ1n) is 8.05. The van der Waals surface area contributed by atoms with Gasteiger partial charge in [-0.15, -0.1) is 0 Å². The number of hydrogen-bond acceptors (Lipinski definition) is 3. The van der Waals surface area contributed by atoms with Crippen LogP contribution < -0.4 is 11.1 Å². The van der Waals surface area contributed by atoms with Gasteiger partial charge < -0.3 is 16.0 Å². The first kappa shape index (κ1) is 16.3. The van der Waals surface area contributed by atoms with Crippen molar-refractivity contribution in [2.75, 3.05) is 20.1 Å². The highest BCUT2D eigenvalue weighted by Gasteiger charge is 2.44. The standard InChI is InChI=1S/C16H29N3O2/c1-10-7-11(2)13(17)8-12(10)14(20)19-6-5-16(3,9-19)15(21)18-4/h10-13H,5-9,17H2,1-4H3,(H,18,21). The molecular formula is C16H29N3O2. The molecule has 1 aliphatic heterocycles. The van der Waals surface area contributed by atoms with Crippen molar-refractivity contribution in [1.29, 1.82) is 0 Å². The third-order valence-electron chi connectivity index (χ3n) is 5.56. The minimum atomic E-state index is -0.447. The molecule has 2 fully saturated rings. The lowest BCUT2D eigenvalue weighted by Crippen LogP contribution is -2.47. The van der Waals surface area contributed by atoms with Crippen LogP contribution in [0.3, 0.4) is 0 Å². The largest absolute Gasteiger partial charge is 0.359 e. The maximum absolute atomic E-state index is 12.8. The smallest absolute Gasteiger partial charge is 0.227 e.